The Hall–Kier alpha value is -2.04. The lowest BCUT2D eigenvalue weighted by Crippen LogP contribution is -2.54. The highest BCUT2D eigenvalue weighted by Crippen LogP contribution is 2.50. The van der Waals surface area contributed by atoms with Crippen LogP contribution < -0.4 is 10.1 Å². The predicted molar refractivity (Wildman–Crippen MR) is 101 cm³/mol. The van der Waals surface area contributed by atoms with E-state index in [1.807, 2.05) is 18.7 Å². The topological polar surface area (TPSA) is 58.6 Å². The smallest absolute Gasteiger partial charge is 0.251 e. The Kier molecular flexibility index (Phi) is 5.54. The second-order valence-electron chi connectivity index (χ2n) is 8.09. The van der Waals surface area contributed by atoms with Crippen LogP contribution in [0.5, 0.6) is 5.75 Å². The van der Waals surface area contributed by atoms with Crippen LogP contribution in [0.4, 0.5) is 0 Å². The molecule has 2 amide bonds. The van der Waals surface area contributed by atoms with Gasteiger partial charge in [0.2, 0.25) is 5.91 Å². The van der Waals surface area contributed by atoms with Crippen molar-refractivity contribution in [2.24, 2.45) is 11.3 Å². The van der Waals surface area contributed by atoms with Crippen molar-refractivity contribution in [3.8, 4) is 5.75 Å². The molecule has 0 radical (unpaired) electrons. The second-order valence-corrected chi connectivity index (χ2v) is 8.09. The summed E-state index contributed by atoms with van der Waals surface area (Å²) in [6, 6.07) is 7.01. The molecule has 1 aromatic carbocycles. The number of rotatable bonds is 5. The highest BCUT2D eigenvalue weighted by molar-refractivity contribution is 5.96. The summed E-state index contributed by atoms with van der Waals surface area (Å²) in [5, 5.41) is 2.76. The van der Waals surface area contributed by atoms with Gasteiger partial charge in [-0.15, -0.1) is 0 Å². The van der Waals surface area contributed by atoms with E-state index >= 15 is 0 Å². The number of carbonyl (C=O) groups excluding carboxylic acids is 2. The fraction of sp³-hybridized carbons (Fsp3) is 0.619. The van der Waals surface area contributed by atoms with Gasteiger partial charge in [0.1, 0.15) is 5.75 Å². The molecule has 1 heterocycles. The fourth-order valence-corrected chi connectivity index (χ4v) is 4.09. The van der Waals surface area contributed by atoms with Crippen LogP contribution in [-0.4, -0.2) is 42.5 Å². The first-order chi connectivity index (χ1) is 12.4. The first-order valence-electron chi connectivity index (χ1n) is 9.72. The first-order valence-corrected chi connectivity index (χ1v) is 9.72. The third kappa shape index (κ3) is 4.02. The molecule has 1 spiro atoms. The van der Waals surface area contributed by atoms with Gasteiger partial charge in [0.05, 0.1) is 12.6 Å². The molecule has 0 bridgehead atoms. The van der Waals surface area contributed by atoms with Crippen molar-refractivity contribution in [3.63, 3.8) is 0 Å². The highest BCUT2D eigenvalue weighted by Gasteiger charge is 2.46. The number of carbonyl (C=O) groups is 2. The summed E-state index contributed by atoms with van der Waals surface area (Å²) in [4.78, 5) is 26.8. The molecule has 3 rings (SSSR count). The maximum absolute atomic E-state index is 12.5. The van der Waals surface area contributed by atoms with Crippen LogP contribution in [0.2, 0.25) is 0 Å². The molecule has 0 unspecified atom stereocenters. The van der Waals surface area contributed by atoms with Crippen LogP contribution in [0.1, 0.15) is 56.8 Å². The molecule has 1 aliphatic heterocycles. The number of nitrogens with one attached hydrogen (secondary N) is 1. The molecule has 1 saturated carbocycles. The Morgan fingerprint density at radius 3 is 2.54 bits per heavy atom. The Morgan fingerprint density at radius 2 is 1.96 bits per heavy atom. The van der Waals surface area contributed by atoms with Gasteiger partial charge in [-0.05, 0) is 68.7 Å². The van der Waals surface area contributed by atoms with E-state index in [9.17, 15) is 9.59 Å². The van der Waals surface area contributed by atoms with E-state index in [0.29, 0.717) is 16.9 Å². The van der Waals surface area contributed by atoms with Gasteiger partial charge < -0.3 is 15.0 Å². The Morgan fingerprint density at radius 1 is 1.27 bits per heavy atom. The Bertz CT molecular complexity index is 650. The van der Waals surface area contributed by atoms with E-state index in [0.717, 1.165) is 25.3 Å². The molecule has 26 heavy (non-hydrogen) atoms. The molecule has 2 fully saturated rings. The molecule has 0 aromatic heterocycles. The van der Waals surface area contributed by atoms with Crippen LogP contribution in [0, 0.1) is 11.3 Å². The van der Waals surface area contributed by atoms with Gasteiger partial charge in [0.15, 0.2) is 0 Å². The number of hydrogen-bond donors (Lipinski definition) is 1. The van der Waals surface area contributed by atoms with Crippen LogP contribution in [0.25, 0.3) is 0 Å². The third-order valence-electron chi connectivity index (χ3n) is 5.97. The molecule has 1 atom stereocenters. The van der Waals surface area contributed by atoms with Crippen LogP contribution in [-0.2, 0) is 4.79 Å². The molecule has 1 N–H and O–H groups in total. The zero-order valence-electron chi connectivity index (χ0n) is 16.1. The van der Waals surface area contributed by atoms with Gasteiger partial charge in [-0.25, -0.2) is 0 Å². The molecular formula is C21H30N2O3. The quantitative estimate of drug-likeness (QED) is 0.879. The normalized spacial score (nSPS) is 21.4. The number of likely N-dealkylation sites (tertiary alicyclic amines) is 1. The Labute approximate surface area is 156 Å². The van der Waals surface area contributed by atoms with Crippen molar-refractivity contribution < 1.29 is 14.3 Å². The zero-order chi connectivity index (χ0) is 18.7. The number of benzene rings is 1. The fourth-order valence-electron chi connectivity index (χ4n) is 4.09. The van der Waals surface area contributed by atoms with E-state index in [1.165, 1.54) is 19.3 Å². The molecule has 1 aromatic rings. The SMILES string of the molecule is CC(C)Oc1ccc(C(=O)NCC(=O)N2CC[C@@H](C)C3(CCC3)C2)cc1. The molecule has 1 aliphatic carbocycles. The van der Waals surface area contributed by atoms with Crippen molar-refractivity contribution in [1.82, 2.24) is 10.2 Å². The number of amides is 2. The summed E-state index contributed by atoms with van der Waals surface area (Å²) < 4.78 is 5.58. The van der Waals surface area contributed by atoms with E-state index in [4.69, 9.17) is 4.74 Å². The average Bonchev–Trinajstić information content (AvgIpc) is 2.58. The lowest BCUT2D eigenvalue weighted by atomic mass is 9.59. The summed E-state index contributed by atoms with van der Waals surface area (Å²) in [6.45, 7) is 7.95. The molecule has 5 heteroatoms. The standard InChI is InChI=1S/C21H30N2O3/c1-15(2)26-18-7-5-17(6-8-18)20(25)22-13-19(24)23-12-9-16(3)21(14-23)10-4-11-21/h5-8,15-16H,4,9-14H2,1-3H3,(H,22,25)/t16-/m1/s1. The summed E-state index contributed by atoms with van der Waals surface area (Å²) >= 11 is 0. The summed E-state index contributed by atoms with van der Waals surface area (Å²) in [6.07, 6.45) is 4.90. The first kappa shape index (κ1) is 18.7. The monoisotopic (exact) mass is 358 g/mol. The van der Waals surface area contributed by atoms with Gasteiger partial charge in [0.25, 0.3) is 5.91 Å². The summed E-state index contributed by atoms with van der Waals surface area (Å²) in [5.74, 6) is 1.23. The molecule has 5 nitrogen and oxygen atoms in total. The van der Waals surface area contributed by atoms with Crippen molar-refractivity contribution in [1.29, 1.82) is 0 Å². The number of hydrogen-bond acceptors (Lipinski definition) is 3. The summed E-state index contributed by atoms with van der Waals surface area (Å²) in [5.41, 5.74) is 0.876. The van der Waals surface area contributed by atoms with E-state index < -0.39 is 0 Å². The van der Waals surface area contributed by atoms with Gasteiger partial charge in [0, 0.05) is 18.7 Å². The van der Waals surface area contributed by atoms with Crippen LogP contribution >= 0.6 is 0 Å². The Balaban J connectivity index is 1.50. The minimum atomic E-state index is -0.224. The van der Waals surface area contributed by atoms with Crippen molar-refractivity contribution in [3.05, 3.63) is 29.8 Å². The van der Waals surface area contributed by atoms with Gasteiger partial charge >= 0.3 is 0 Å². The molecule has 2 aliphatic rings. The number of ether oxygens (including phenoxy) is 1. The lowest BCUT2D eigenvalue weighted by molar-refractivity contribution is -0.138. The number of nitrogens with zero attached hydrogens (tertiary/aromatic N) is 1. The van der Waals surface area contributed by atoms with E-state index in [2.05, 4.69) is 12.2 Å². The minimum Gasteiger partial charge on any atom is -0.491 e. The molecule has 142 valence electrons. The van der Waals surface area contributed by atoms with E-state index in [-0.39, 0.29) is 24.5 Å². The van der Waals surface area contributed by atoms with Crippen molar-refractivity contribution >= 4 is 11.8 Å². The van der Waals surface area contributed by atoms with Crippen molar-refractivity contribution in [2.75, 3.05) is 19.6 Å². The number of piperidine rings is 1. The minimum absolute atomic E-state index is 0.0243. The van der Waals surface area contributed by atoms with Gasteiger partial charge in [-0.1, -0.05) is 13.3 Å². The largest absolute Gasteiger partial charge is 0.491 e. The third-order valence-corrected chi connectivity index (χ3v) is 5.97. The molecule has 1 saturated heterocycles. The molecular weight excluding hydrogens is 328 g/mol. The van der Waals surface area contributed by atoms with E-state index in [1.54, 1.807) is 24.3 Å². The zero-order valence-corrected chi connectivity index (χ0v) is 16.1. The lowest BCUT2D eigenvalue weighted by Gasteiger charge is -2.53. The maximum Gasteiger partial charge on any atom is 0.251 e. The van der Waals surface area contributed by atoms with Crippen LogP contribution in [0.15, 0.2) is 24.3 Å². The average molecular weight is 358 g/mol. The maximum atomic E-state index is 12.5. The van der Waals surface area contributed by atoms with Crippen molar-refractivity contribution in [2.45, 2.75) is 52.6 Å². The second kappa shape index (κ2) is 7.68. The highest BCUT2D eigenvalue weighted by atomic mass is 16.5. The summed E-state index contributed by atoms with van der Waals surface area (Å²) in [7, 11) is 0. The predicted octanol–water partition coefficient (Wildman–Crippen LogP) is 3.24. The van der Waals surface area contributed by atoms with Gasteiger partial charge in [-0.2, -0.15) is 0 Å². The van der Waals surface area contributed by atoms with Gasteiger partial charge in [-0.3, -0.25) is 9.59 Å². The van der Waals surface area contributed by atoms with Crippen LogP contribution in [0.3, 0.4) is 0 Å².